The molecule has 1 heterocycles. The van der Waals surface area contributed by atoms with Crippen LogP contribution >= 0.6 is 0 Å². The number of rotatable bonds is 4. The standard InChI is InChI=1S/C22H24F4N2O2/c1-10-15(23)17(25)12(18(26)16(10)24)9-30-19(29)14-13(22(14,5)6)11-7-27-20(28-8-11)21(2,3)4/h7-8,13-14H,9H2,1-6H3. The van der Waals surface area contributed by atoms with Crippen LogP contribution in [0, 0.1) is 41.5 Å². The van der Waals surface area contributed by atoms with Gasteiger partial charge < -0.3 is 4.74 Å². The maximum atomic E-state index is 14.0. The monoisotopic (exact) mass is 424 g/mol. The van der Waals surface area contributed by atoms with Crippen molar-refractivity contribution >= 4 is 5.97 Å². The number of halogens is 4. The van der Waals surface area contributed by atoms with E-state index in [0.717, 1.165) is 12.5 Å². The quantitative estimate of drug-likeness (QED) is 0.388. The second kappa shape index (κ2) is 7.32. The van der Waals surface area contributed by atoms with E-state index < -0.39 is 58.3 Å². The van der Waals surface area contributed by atoms with E-state index >= 15 is 0 Å². The number of aromatic nitrogens is 2. The Labute approximate surface area is 172 Å². The normalized spacial score (nSPS) is 20.2. The zero-order valence-electron chi connectivity index (χ0n) is 17.7. The first-order valence-electron chi connectivity index (χ1n) is 9.59. The summed E-state index contributed by atoms with van der Waals surface area (Å²) in [6.07, 6.45) is 3.33. The topological polar surface area (TPSA) is 52.1 Å². The van der Waals surface area contributed by atoms with Crippen molar-refractivity contribution in [3.05, 3.63) is 58.2 Å². The highest BCUT2D eigenvalue weighted by molar-refractivity contribution is 5.79. The van der Waals surface area contributed by atoms with Crippen LogP contribution in [-0.2, 0) is 21.6 Å². The van der Waals surface area contributed by atoms with E-state index in [2.05, 4.69) is 9.97 Å². The van der Waals surface area contributed by atoms with Crippen molar-refractivity contribution in [3.63, 3.8) is 0 Å². The average Bonchev–Trinajstić information content (AvgIpc) is 3.26. The van der Waals surface area contributed by atoms with E-state index in [1.165, 1.54) is 0 Å². The summed E-state index contributed by atoms with van der Waals surface area (Å²) in [5.41, 5.74) is -1.66. The van der Waals surface area contributed by atoms with Gasteiger partial charge >= 0.3 is 5.97 Å². The van der Waals surface area contributed by atoms with Gasteiger partial charge in [0.1, 0.15) is 12.4 Å². The first kappa shape index (κ1) is 22.2. The van der Waals surface area contributed by atoms with Crippen molar-refractivity contribution in [1.29, 1.82) is 0 Å². The van der Waals surface area contributed by atoms with E-state index in [1.807, 2.05) is 34.6 Å². The zero-order chi connectivity index (χ0) is 22.6. The molecule has 0 spiro atoms. The van der Waals surface area contributed by atoms with Gasteiger partial charge in [-0.3, -0.25) is 4.79 Å². The predicted molar refractivity (Wildman–Crippen MR) is 102 cm³/mol. The number of hydrogen-bond donors (Lipinski definition) is 0. The summed E-state index contributed by atoms with van der Waals surface area (Å²) in [4.78, 5) is 21.3. The van der Waals surface area contributed by atoms with Crippen LogP contribution in [0.25, 0.3) is 0 Å². The Balaban J connectivity index is 1.76. The Morgan fingerprint density at radius 3 is 2.00 bits per heavy atom. The maximum absolute atomic E-state index is 14.0. The van der Waals surface area contributed by atoms with Crippen molar-refractivity contribution in [2.75, 3.05) is 0 Å². The fourth-order valence-electron chi connectivity index (χ4n) is 3.73. The number of esters is 1. The maximum Gasteiger partial charge on any atom is 0.310 e. The highest BCUT2D eigenvalue weighted by Gasteiger charge is 2.63. The first-order valence-corrected chi connectivity index (χ1v) is 9.59. The summed E-state index contributed by atoms with van der Waals surface area (Å²) in [7, 11) is 0. The number of carbonyl (C=O) groups excluding carboxylic acids is 1. The molecule has 1 fully saturated rings. The lowest BCUT2D eigenvalue weighted by molar-refractivity contribution is -0.147. The molecule has 162 valence electrons. The zero-order valence-corrected chi connectivity index (χ0v) is 17.7. The second-order valence-electron chi connectivity index (χ2n) is 9.33. The van der Waals surface area contributed by atoms with Gasteiger partial charge in [0.05, 0.1) is 11.5 Å². The van der Waals surface area contributed by atoms with Gasteiger partial charge in [0.2, 0.25) is 0 Å². The first-order chi connectivity index (χ1) is 13.8. The molecule has 0 saturated heterocycles. The molecule has 30 heavy (non-hydrogen) atoms. The highest BCUT2D eigenvalue weighted by atomic mass is 19.2. The molecule has 1 aromatic heterocycles. The summed E-state index contributed by atoms with van der Waals surface area (Å²) >= 11 is 0. The van der Waals surface area contributed by atoms with E-state index in [9.17, 15) is 22.4 Å². The second-order valence-corrected chi connectivity index (χ2v) is 9.33. The number of hydrogen-bond acceptors (Lipinski definition) is 4. The SMILES string of the molecule is Cc1c(F)c(F)c(COC(=O)C2C(c3cnc(C(C)(C)C)nc3)C2(C)C)c(F)c1F. The largest absolute Gasteiger partial charge is 0.460 e. The van der Waals surface area contributed by atoms with Gasteiger partial charge in [-0.25, -0.2) is 27.5 Å². The van der Waals surface area contributed by atoms with Crippen LogP contribution in [0.3, 0.4) is 0 Å². The number of carbonyl (C=O) groups is 1. The van der Waals surface area contributed by atoms with Crippen LogP contribution in [0.1, 0.15) is 63.1 Å². The molecular formula is C22H24F4N2O2. The third kappa shape index (κ3) is 3.68. The fourth-order valence-corrected chi connectivity index (χ4v) is 3.73. The fraction of sp³-hybridized carbons (Fsp3) is 0.500. The molecular weight excluding hydrogens is 400 g/mol. The molecule has 0 aliphatic heterocycles. The van der Waals surface area contributed by atoms with Gasteiger partial charge in [0.15, 0.2) is 23.3 Å². The molecule has 1 saturated carbocycles. The summed E-state index contributed by atoms with van der Waals surface area (Å²) in [6.45, 7) is 9.69. The minimum Gasteiger partial charge on any atom is -0.460 e. The lowest BCUT2D eigenvalue weighted by Gasteiger charge is -2.16. The van der Waals surface area contributed by atoms with Crippen molar-refractivity contribution in [2.24, 2.45) is 11.3 Å². The number of benzene rings is 1. The van der Waals surface area contributed by atoms with Crippen LogP contribution in [0.5, 0.6) is 0 Å². The third-order valence-electron chi connectivity index (χ3n) is 5.72. The van der Waals surface area contributed by atoms with Crippen LogP contribution in [0.4, 0.5) is 17.6 Å². The Hall–Kier alpha value is -2.51. The molecule has 8 heteroatoms. The van der Waals surface area contributed by atoms with Gasteiger partial charge in [-0.15, -0.1) is 0 Å². The van der Waals surface area contributed by atoms with E-state index in [1.54, 1.807) is 12.4 Å². The van der Waals surface area contributed by atoms with E-state index in [0.29, 0.717) is 5.82 Å². The van der Waals surface area contributed by atoms with Crippen molar-refractivity contribution < 1.29 is 27.1 Å². The summed E-state index contributed by atoms with van der Waals surface area (Å²) in [6, 6.07) is 0. The van der Waals surface area contributed by atoms with Crippen LogP contribution < -0.4 is 0 Å². The lowest BCUT2D eigenvalue weighted by Crippen LogP contribution is -2.16. The molecule has 0 bridgehead atoms. The Morgan fingerprint density at radius 1 is 1.03 bits per heavy atom. The Kier molecular flexibility index (Phi) is 5.41. The summed E-state index contributed by atoms with van der Waals surface area (Å²) < 4.78 is 60.5. The van der Waals surface area contributed by atoms with Crippen molar-refractivity contribution in [2.45, 2.75) is 59.5 Å². The minimum atomic E-state index is -1.56. The van der Waals surface area contributed by atoms with Gasteiger partial charge in [0, 0.05) is 29.3 Å². The van der Waals surface area contributed by atoms with Gasteiger partial charge in [-0.2, -0.15) is 0 Å². The summed E-state index contributed by atoms with van der Waals surface area (Å²) in [5.74, 6) is -6.98. The van der Waals surface area contributed by atoms with Crippen LogP contribution in [0.2, 0.25) is 0 Å². The van der Waals surface area contributed by atoms with Gasteiger partial charge in [-0.1, -0.05) is 34.6 Å². The number of nitrogens with zero attached hydrogens (tertiary/aromatic N) is 2. The Morgan fingerprint density at radius 2 is 1.53 bits per heavy atom. The third-order valence-corrected chi connectivity index (χ3v) is 5.72. The molecule has 0 amide bonds. The van der Waals surface area contributed by atoms with Gasteiger partial charge in [-0.05, 0) is 17.9 Å². The molecule has 4 nitrogen and oxygen atoms in total. The Bertz CT molecular complexity index is 969. The highest BCUT2D eigenvalue weighted by Crippen LogP contribution is 2.64. The molecule has 0 N–H and O–H groups in total. The molecule has 0 radical (unpaired) electrons. The number of ether oxygens (including phenoxy) is 1. The molecule has 1 aromatic carbocycles. The van der Waals surface area contributed by atoms with Crippen LogP contribution in [-0.4, -0.2) is 15.9 Å². The molecule has 2 aromatic rings. The molecule has 1 aliphatic carbocycles. The molecule has 2 unspecified atom stereocenters. The van der Waals surface area contributed by atoms with E-state index in [4.69, 9.17) is 4.74 Å². The molecule has 3 rings (SSSR count). The van der Waals surface area contributed by atoms with Crippen molar-refractivity contribution in [1.82, 2.24) is 9.97 Å². The van der Waals surface area contributed by atoms with E-state index in [-0.39, 0.29) is 11.3 Å². The smallest absolute Gasteiger partial charge is 0.310 e. The molecule has 2 atom stereocenters. The van der Waals surface area contributed by atoms with Crippen LogP contribution in [0.15, 0.2) is 12.4 Å². The molecule has 1 aliphatic rings. The minimum absolute atomic E-state index is 0.220. The van der Waals surface area contributed by atoms with Crippen molar-refractivity contribution in [3.8, 4) is 0 Å². The van der Waals surface area contributed by atoms with Gasteiger partial charge in [0.25, 0.3) is 0 Å². The average molecular weight is 424 g/mol. The lowest BCUT2D eigenvalue weighted by atomic mass is 9.95. The predicted octanol–water partition coefficient (Wildman–Crippen LogP) is 5.12. The summed E-state index contributed by atoms with van der Waals surface area (Å²) in [5, 5.41) is 0.